The molecule has 0 aliphatic carbocycles. The minimum absolute atomic E-state index is 0.0103. The van der Waals surface area contributed by atoms with Crippen molar-refractivity contribution in [3.8, 4) is 22.1 Å². The Morgan fingerprint density at radius 3 is 2.74 bits per heavy atom. The fraction of sp³-hybridized carbons (Fsp3) is 0.261. The number of carbonyl (C=O) groups is 1. The largest absolute Gasteiger partial charge is 0.493 e. The van der Waals surface area contributed by atoms with Gasteiger partial charge in [-0.15, -0.1) is 22.7 Å². The zero-order chi connectivity index (χ0) is 21.4. The molecule has 1 saturated heterocycles. The summed E-state index contributed by atoms with van der Waals surface area (Å²) in [5, 5.41) is 3.62. The molecule has 158 valence electrons. The van der Waals surface area contributed by atoms with Crippen molar-refractivity contribution in [3.05, 3.63) is 58.5 Å². The first kappa shape index (κ1) is 20.0. The molecule has 2 aromatic heterocycles. The molecule has 0 bridgehead atoms. The number of thiazole rings is 2. The molecule has 0 N–H and O–H groups in total. The van der Waals surface area contributed by atoms with E-state index in [4.69, 9.17) is 14.5 Å². The van der Waals surface area contributed by atoms with Gasteiger partial charge in [-0.1, -0.05) is 12.1 Å². The molecule has 5 rings (SSSR count). The molecule has 6 nitrogen and oxygen atoms in total. The van der Waals surface area contributed by atoms with Crippen LogP contribution in [0.4, 0.5) is 0 Å². The number of amides is 1. The zero-order valence-corrected chi connectivity index (χ0v) is 18.8. The lowest BCUT2D eigenvalue weighted by Gasteiger charge is -2.22. The lowest BCUT2D eigenvalue weighted by molar-refractivity contribution is 0.0730. The van der Waals surface area contributed by atoms with E-state index in [1.165, 1.54) is 11.3 Å². The van der Waals surface area contributed by atoms with Gasteiger partial charge in [-0.2, -0.15) is 0 Å². The smallest absolute Gasteiger partial charge is 0.273 e. The van der Waals surface area contributed by atoms with Gasteiger partial charge in [-0.25, -0.2) is 9.97 Å². The lowest BCUT2D eigenvalue weighted by Crippen LogP contribution is -2.30. The van der Waals surface area contributed by atoms with Crippen LogP contribution in [0.25, 0.3) is 20.8 Å². The van der Waals surface area contributed by atoms with Crippen molar-refractivity contribution in [3.63, 3.8) is 0 Å². The lowest BCUT2D eigenvalue weighted by atomic mass is 10.2. The molecule has 3 heterocycles. The first-order valence-corrected chi connectivity index (χ1v) is 11.7. The van der Waals surface area contributed by atoms with Gasteiger partial charge in [0.2, 0.25) is 0 Å². The maximum absolute atomic E-state index is 13.3. The Kier molecular flexibility index (Phi) is 5.33. The van der Waals surface area contributed by atoms with Crippen molar-refractivity contribution in [2.45, 2.75) is 18.9 Å². The SMILES string of the molecule is COc1ccc(-c2nc(C(=O)N3CCC[C@@H]3c3nc4ccccc4s3)cs2)cc1OC. The van der Waals surface area contributed by atoms with Gasteiger partial charge >= 0.3 is 0 Å². The Bertz CT molecular complexity index is 1220. The number of hydrogen-bond donors (Lipinski definition) is 0. The van der Waals surface area contributed by atoms with Crippen molar-refractivity contribution in [2.24, 2.45) is 0 Å². The Hall–Kier alpha value is -2.97. The van der Waals surface area contributed by atoms with Crippen molar-refractivity contribution in [2.75, 3.05) is 20.8 Å². The van der Waals surface area contributed by atoms with E-state index >= 15 is 0 Å². The molecular formula is C23H21N3O3S2. The second-order valence-corrected chi connectivity index (χ2v) is 9.20. The molecular weight excluding hydrogens is 430 g/mol. The molecule has 31 heavy (non-hydrogen) atoms. The minimum Gasteiger partial charge on any atom is -0.493 e. The average Bonchev–Trinajstić information content (AvgIpc) is 3.56. The minimum atomic E-state index is -0.0373. The first-order valence-electron chi connectivity index (χ1n) is 10.0. The second-order valence-electron chi connectivity index (χ2n) is 7.28. The fourth-order valence-electron chi connectivity index (χ4n) is 3.92. The van der Waals surface area contributed by atoms with Crippen LogP contribution in [-0.2, 0) is 0 Å². The van der Waals surface area contributed by atoms with Crippen LogP contribution in [-0.4, -0.2) is 41.5 Å². The van der Waals surface area contributed by atoms with Crippen LogP contribution in [0.3, 0.4) is 0 Å². The predicted molar refractivity (Wildman–Crippen MR) is 123 cm³/mol. The molecule has 0 radical (unpaired) electrons. The maximum atomic E-state index is 13.3. The van der Waals surface area contributed by atoms with E-state index in [9.17, 15) is 4.79 Å². The molecule has 0 spiro atoms. The summed E-state index contributed by atoms with van der Waals surface area (Å²) in [5.74, 6) is 1.26. The molecule has 1 aliphatic rings. The summed E-state index contributed by atoms with van der Waals surface area (Å²) in [6, 6.07) is 13.8. The average molecular weight is 452 g/mol. The highest BCUT2D eigenvalue weighted by Gasteiger charge is 2.33. The third kappa shape index (κ3) is 3.66. The number of ether oxygens (including phenoxy) is 2. The fourth-order valence-corrected chi connectivity index (χ4v) is 5.83. The van der Waals surface area contributed by atoms with Crippen LogP contribution in [0.1, 0.15) is 34.4 Å². The summed E-state index contributed by atoms with van der Waals surface area (Å²) < 4.78 is 11.9. The van der Waals surface area contributed by atoms with Crippen LogP contribution in [0.5, 0.6) is 11.5 Å². The van der Waals surface area contributed by atoms with Gasteiger partial charge in [0.15, 0.2) is 11.5 Å². The Morgan fingerprint density at radius 2 is 1.94 bits per heavy atom. The van der Waals surface area contributed by atoms with E-state index in [1.807, 2.05) is 46.7 Å². The molecule has 4 aromatic rings. The highest BCUT2D eigenvalue weighted by atomic mass is 32.1. The zero-order valence-electron chi connectivity index (χ0n) is 17.2. The normalized spacial score (nSPS) is 16.1. The van der Waals surface area contributed by atoms with Gasteiger partial charge in [-0.3, -0.25) is 4.79 Å². The summed E-state index contributed by atoms with van der Waals surface area (Å²) in [7, 11) is 3.21. The molecule has 1 fully saturated rings. The first-order chi connectivity index (χ1) is 15.2. The summed E-state index contributed by atoms with van der Waals surface area (Å²) in [6.45, 7) is 0.725. The van der Waals surface area contributed by atoms with Crippen LogP contribution < -0.4 is 9.47 Å². The van der Waals surface area contributed by atoms with Crippen molar-refractivity contribution >= 4 is 38.8 Å². The Balaban J connectivity index is 1.41. The summed E-state index contributed by atoms with van der Waals surface area (Å²) in [4.78, 5) is 24.7. The monoisotopic (exact) mass is 451 g/mol. The van der Waals surface area contributed by atoms with E-state index in [0.717, 1.165) is 45.2 Å². The number of benzene rings is 2. The van der Waals surface area contributed by atoms with Crippen molar-refractivity contribution in [1.82, 2.24) is 14.9 Å². The standard InChI is InChI=1S/C23H21N3O3S2/c1-28-18-10-9-14(12-19(18)29-2)21-25-16(13-30-21)23(27)26-11-5-7-17(26)22-24-15-6-3-4-8-20(15)31-22/h3-4,6,8-10,12-13,17H,5,7,11H2,1-2H3/t17-/m1/s1. The third-order valence-electron chi connectivity index (χ3n) is 5.46. The number of methoxy groups -OCH3 is 2. The van der Waals surface area contributed by atoms with Gasteiger partial charge in [0.05, 0.1) is 30.5 Å². The molecule has 1 amide bonds. The summed E-state index contributed by atoms with van der Waals surface area (Å²) >= 11 is 3.13. The van der Waals surface area contributed by atoms with Gasteiger partial charge in [0.25, 0.3) is 5.91 Å². The van der Waals surface area contributed by atoms with E-state index in [0.29, 0.717) is 17.2 Å². The molecule has 1 atom stereocenters. The Labute approximate surface area is 188 Å². The summed E-state index contributed by atoms with van der Waals surface area (Å²) in [6.07, 6.45) is 1.90. The van der Waals surface area contributed by atoms with Crippen LogP contribution >= 0.6 is 22.7 Å². The molecule has 8 heteroatoms. The Morgan fingerprint density at radius 1 is 1.10 bits per heavy atom. The highest BCUT2D eigenvalue weighted by molar-refractivity contribution is 7.18. The molecule has 0 saturated carbocycles. The van der Waals surface area contributed by atoms with Gasteiger partial charge in [0, 0.05) is 17.5 Å². The van der Waals surface area contributed by atoms with Gasteiger partial charge in [0.1, 0.15) is 15.7 Å². The van der Waals surface area contributed by atoms with E-state index in [2.05, 4.69) is 11.1 Å². The molecule has 1 aliphatic heterocycles. The third-order valence-corrected chi connectivity index (χ3v) is 7.49. The number of likely N-dealkylation sites (tertiary alicyclic amines) is 1. The second kappa shape index (κ2) is 8.28. The number of carbonyl (C=O) groups excluding carboxylic acids is 1. The van der Waals surface area contributed by atoms with Crippen LogP contribution in [0.15, 0.2) is 47.8 Å². The number of aromatic nitrogens is 2. The van der Waals surface area contributed by atoms with E-state index < -0.39 is 0 Å². The number of rotatable bonds is 5. The maximum Gasteiger partial charge on any atom is 0.273 e. The molecule has 2 aromatic carbocycles. The topological polar surface area (TPSA) is 64.5 Å². The van der Waals surface area contributed by atoms with Crippen LogP contribution in [0, 0.1) is 0 Å². The van der Waals surface area contributed by atoms with E-state index in [-0.39, 0.29) is 11.9 Å². The quantitative estimate of drug-likeness (QED) is 0.406. The molecule has 0 unspecified atom stereocenters. The van der Waals surface area contributed by atoms with Gasteiger partial charge < -0.3 is 14.4 Å². The highest BCUT2D eigenvalue weighted by Crippen LogP contribution is 2.38. The summed E-state index contributed by atoms with van der Waals surface area (Å²) in [5.41, 5.74) is 2.36. The number of para-hydroxylation sites is 1. The van der Waals surface area contributed by atoms with Gasteiger partial charge in [-0.05, 0) is 43.2 Å². The van der Waals surface area contributed by atoms with Crippen molar-refractivity contribution < 1.29 is 14.3 Å². The number of hydrogen-bond acceptors (Lipinski definition) is 7. The number of fused-ring (bicyclic) bond motifs is 1. The van der Waals surface area contributed by atoms with E-state index in [1.54, 1.807) is 25.6 Å². The number of nitrogens with zero attached hydrogens (tertiary/aromatic N) is 3. The van der Waals surface area contributed by atoms with Crippen molar-refractivity contribution in [1.29, 1.82) is 0 Å². The predicted octanol–water partition coefficient (Wildman–Crippen LogP) is 5.41. The van der Waals surface area contributed by atoms with Crippen LogP contribution in [0.2, 0.25) is 0 Å².